The lowest BCUT2D eigenvalue weighted by Gasteiger charge is -2.11. The Hall–Kier alpha value is -1.85. The number of imidazole rings is 1. The number of anilines is 1. The molecule has 0 aliphatic carbocycles. The van der Waals surface area contributed by atoms with Gasteiger partial charge in [0, 0.05) is 21.6 Å². The third-order valence-corrected chi connectivity index (χ3v) is 2.43. The molecule has 0 aliphatic heterocycles. The largest absolute Gasteiger partial charge is 0.361 e. The molecule has 2 aromatic rings. The summed E-state index contributed by atoms with van der Waals surface area (Å²) in [5.41, 5.74) is 1.19. The fourth-order valence-corrected chi connectivity index (χ4v) is 1.74. The van der Waals surface area contributed by atoms with E-state index in [0.29, 0.717) is 11.2 Å². The molecule has 16 heavy (non-hydrogen) atoms. The van der Waals surface area contributed by atoms with Crippen LogP contribution in [0.15, 0.2) is 11.1 Å². The lowest BCUT2D eigenvalue weighted by Crippen LogP contribution is -2.18. The average Bonchev–Trinajstić information content (AvgIpc) is 2.52. The predicted molar refractivity (Wildman–Crippen MR) is 65.0 cm³/mol. The number of hydrogen-bond donors (Lipinski definition) is 1. The fourth-order valence-electron chi connectivity index (χ4n) is 1.74. The summed E-state index contributed by atoms with van der Waals surface area (Å²) in [4.78, 5) is 24.7. The van der Waals surface area contributed by atoms with Crippen molar-refractivity contribution >= 4 is 17.0 Å². The number of nitrogens with one attached hydrogen (secondary N) is 1. The molecular formula is C10H17N5O. The van der Waals surface area contributed by atoms with Crippen LogP contribution in [0.1, 0.15) is 21.3 Å². The van der Waals surface area contributed by atoms with Crippen LogP contribution in [0.3, 0.4) is 0 Å². The topological polar surface area (TPSA) is 66.8 Å². The Bertz CT molecular complexity index is 572. The van der Waals surface area contributed by atoms with Crippen molar-refractivity contribution in [3.05, 3.63) is 16.8 Å². The van der Waals surface area contributed by atoms with Gasteiger partial charge < -0.3 is 9.88 Å². The number of fused-ring (bicyclic) bond motifs is 1. The summed E-state index contributed by atoms with van der Waals surface area (Å²) < 4.78 is 1.63. The summed E-state index contributed by atoms with van der Waals surface area (Å²) in [5, 5.41) is 0. The van der Waals surface area contributed by atoms with Crippen molar-refractivity contribution in [2.75, 3.05) is 19.0 Å². The first kappa shape index (κ1) is 10.7. The van der Waals surface area contributed by atoms with E-state index < -0.39 is 0 Å². The normalized spacial score (nSPS) is 11.3. The van der Waals surface area contributed by atoms with Crippen molar-refractivity contribution in [1.82, 2.24) is 19.5 Å². The highest BCUT2D eigenvalue weighted by Crippen LogP contribution is 2.19. The van der Waals surface area contributed by atoms with E-state index in [-0.39, 0.29) is 13.2 Å². The lowest BCUT2D eigenvalue weighted by atomic mass is 10.4. The number of rotatable bonds is 2. The zero-order valence-corrected chi connectivity index (χ0v) is 9.85. The summed E-state index contributed by atoms with van der Waals surface area (Å²) in [5.74, 6) is 0.724. The predicted octanol–water partition coefficient (Wildman–Crippen LogP) is 1.01. The lowest BCUT2D eigenvalue weighted by molar-refractivity contribution is 0.593. The minimum atomic E-state index is -0.145. The quantitative estimate of drug-likeness (QED) is 0.825. The molecule has 0 aromatic carbocycles. The molecule has 88 valence electrons. The monoisotopic (exact) mass is 223 g/mol. The molecule has 2 rings (SSSR count). The summed E-state index contributed by atoms with van der Waals surface area (Å²) in [6.07, 6.45) is 1.48. The number of H-pyrrole nitrogens is 1. The highest BCUT2D eigenvalue weighted by molar-refractivity contribution is 5.83. The maximum Gasteiger partial charge on any atom is 0.328 e. The molecule has 0 bridgehead atoms. The van der Waals surface area contributed by atoms with Crippen LogP contribution in [-0.4, -0.2) is 33.6 Å². The Morgan fingerprint density at radius 2 is 2.12 bits per heavy atom. The van der Waals surface area contributed by atoms with Crippen LogP contribution in [0.25, 0.3) is 11.2 Å². The van der Waals surface area contributed by atoms with E-state index in [2.05, 4.69) is 15.0 Å². The molecule has 0 unspecified atom stereocenters. The third-order valence-electron chi connectivity index (χ3n) is 2.43. The molecule has 6 heteroatoms. The third kappa shape index (κ3) is 1.46. The van der Waals surface area contributed by atoms with Gasteiger partial charge in [-0.25, -0.2) is 14.8 Å². The van der Waals surface area contributed by atoms with E-state index in [4.69, 9.17) is 0 Å². The summed E-state index contributed by atoms with van der Waals surface area (Å²) in [6.45, 7) is 3.90. The highest BCUT2D eigenvalue weighted by Gasteiger charge is 2.15. The first-order valence-corrected chi connectivity index (χ1v) is 5.15. The van der Waals surface area contributed by atoms with Gasteiger partial charge in [-0.15, -0.1) is 0 Å². The van der Waals surface area contributed by atoms with E-state index in [0.717, 1.165) is 5.82 Å². The molecule has 0 amide bonds. The Morgan fingerprint density at radius 1 is 1.44 bits per heavy atom. The zero-order chi connectivity index (χ0) is 11.9. The molecule has 6 nitrogen and oxygen atoms in total. The van der Waals surface area contributed by atoms with Crippen LogP contribution < -0.4 is 10.6 Å². The van der Waals surface area contributed by atoms with Gasteiger partial charge in [-0.05, 0) is 13.8 Å². The summed E-state index contributed by atoms with van der Waals surface area (Å²) in [7, 11) is 3.76. The van der Waals surface area contributed by atoms with Crippen LogP contribution in [-0.2, 0) is 0 Å². The standard InChI is InChI=1S/C10H15N5O.H2/c1-6(2)15-9-7(13-10(15)16)8(14(3)4)11-5-12-9;/h5-6H,1-4H3,(H,13,16);1H. The summed E-state index contributed by atoms with van der Waals surface area (Å²) >= 11 is 0. The smallest absolute Gasteiger partial charge is 0.328 e. The molecule has 0 spiro atoms. The van der Waals surface area contributed by atoms with Gasteiger partial charge in [-0.3, -0.25) is 4.57 Å². The van der Waals surface area contributed by atoms with Crippen molar-refractivity contribution in [3.8, 4) is 0 Å². The Morgan fingerprint density at radius 3 is 2.69 bits per heavy atom. The van der Waals surface area contributed by atoms with E-state index in [1.807, 2.05) is 32.8 Å². The van der Waals surface area contributed by atoms with Crippen LogP contribution in [0.5, 0.6) is 0 Å². The maximum atomic E-state index is 11.8. The molecule has 0 atom stereocenters. The number of aromatic nitrogens is 4. The first-order valence-electron chi connectivity index (χ1n) is 5.15. The highest BCUT2D eigenvalue weighted by atomic mass is 16.1. The Labute approximate surface area is 94.4 Å². The molecule has 2 heterocycles. The fraction of sp³-hybridized carbons (Fsp3) is 0.500. The minimum absolute atomic E-state index is 0. The summed E-state index contributed by atoms with van der Waals surface area (Å²) in [6, 6.07) is 0.0752. The average molecular weight is 223 g/mol. The van der Waals surface area contributed by atoms with Crippen molar-refractivity contribution in [1.29, 1.82) is 0 Å². The van der Waals surface area contributed by atoms with Crippen molar-refractivity contribution in [3.63, 3.8) is 0 Å². The first-order chi connectivity index (χ1) is 7.52. The molecule has 1 N–H and O–H groups in total. The number of aromatic amines is 1. The van der Waals surface area contributed by atoms with Crippen LogP contribution in [0.2, 0.25) is 0 Å². The second kappa shape index (κ2) is 3.62. The molecule has 0 saturated carbocycles. The second-order valence-corrected chi connectivity index (χ2v) is 4.18. The zero-order valence-electron chi connectivity index (χ0n) is 9.85. The van der Waals surface area contributed by atoms with Gasteiger partial charge in [0.05, 0.1) is 0 Å². The van der Waals surface area contributed by atoms with Crippen LogP contribution in [0.4, 0.5) is 5.82 Å². The Kier molecular flexibility index (Phi) is 2.41. The van der Waals surface area contributed by atoms with Gasteiger partial charge in [0.2, 0.25) is 0 Å². The molecule has 2 aromatic heterocycles. The maximum absolute atomic E-state index is 11.8. The van der Waals surface area contributed by atoms with Gasteiger partial charge in [0.1, 0.15) is 11.8 Å². The molecule has 0 radical (unpaired) electrons. The van der Waals surface area contributed by atoms with Crippen molar-refractivity contribution in [2.24, 2.45) is 0 Å². The van der Waals surface area contributed by atoms with Gasteiger partial charge in [0.15, 0.2) is 11.5 Å². The van der Waals surface area contributed by atoms with Crippen molar-refractivity contribution in [2.45, 2.75) is 19.9 Å². The number of hydrogen-bond acceptors (Lipinski definition) is 4. The van der Waals surface area contributed by atoms with Crippen molar-refractivity contribution < 1.29 is 1.43 Å². The van der Waals surface area contributed by atoms with Gasteiger partial charge in [0.25, 0.3) is 0 Å². The van der Waals surface area contributed by atoms with Gasteiger partial charge in [-0.1, -0.05) is 0 Å². The van der Waals surface area contributed by atoms with E-state index >= 15 is 0 Å². The van der Waals surface area contributed by atoms with Gasteiger partial charge >= 0.3 is 5.69 Å². The molecule has 0 aliphatic rings. The second-order valence-electron chi connectivity index (χ2n) is 4.18. The Balaban J connectivity index is 0.00000144. The SMILES string of the molecule is CC(C)n1c(=O)[nH]c2c(N(C)C)ncnc21.[HH]. The van der Waals surface area contributed by atoms with E-state index in [1.54, 1.807) is 4.57 Å². The van der Waals surface area contributed by atoms with Crippen LogP contribution in [0, 0.1) is 0 Å². The minimum Gasteiger partial charge on any atom is -0.361 e. The molecule has 0 saturated heterocycles. The number of nitrogens with zero attached hydrogens (tertiary/aromatic N) is 4. The molecular weight excluding hydrogens is 206 g/mol. The van der Waals surface area contributed by atoms with E-state index in [1.165, 1.54) is 6.33 Å². The van der Waals surface area contributed by atoms with Gasteiger partial charge in [-0.2, -0.15) is 0 Å². The molecule has 0 fully saturated rings. The van der Waals surface area contributed by atoms with Crippen LogP contribution >= 0.6 is 0 Å². The van der Waals surface area contributed by atoms with E-state index in [9.17, 15) is 4.79 Å².